The second-order valence-corrected chi connectivity index (χ2v) is 7.13. The first-order valence-corrected chi connectivity index (χ1v) is 10.6. The summed E-state index contributed by atoms with van der Waals surface area (Å²) in [5.41, 5.74) is 0.534. The van der Waals surface area contributed by atoms with Crippen LogP contribution in [0, 0.1) is 5.92 Å². The number of unbranched alkanes of at least 4 members (excludes halogenated alkanes) is 4. The SMILES string of the molecule is CCCCCCOC(=O)c1ccccc1C(=O)OCC(CCCC)CCOC. The maximum Gasteiger partial charge on any atom is 0.339 e. The van der Waals surface area contributed by atoms with Crippen LogP contribution in [0.2, 0.25) is 0 Å². The second kappa shape index (κ2) is 15.1. The lowest BCUT2D eigenvalue weighted by Crippen LogP contribution is -2.19. The molecule has 28 heavy (non-hydrogen) atoms. The monoisotopic (exact) mass is 392 g/mol. The van der Waals surface area contributed by atoms with Gasteiger partial charge in [-0.3, -0.25) is 0 Å². The number of benzene rings is 1. The van der Waals surface area contributed by atoms with Gasteiger partial charge in [0.1, 0.15) is 0 Å². The molecule has 0 N–H and O–H groups in total. The van der Waals surface area contributed by atoms with E-state index in [4.69, 9.17) is 14.2 Å². The molecule has 0 saturated heterocycles. The Hall–Kier alpha value is -1.88. The van der Waals surface area contributed by atoms with Gasteiger partial charge in [-0.15, -0.1) is 0 Å². The van der Waals surface area contributed by atoms with Crippen LogP contribution in [0.1, 0.15) is 85.9 Å². The molecule has 1 aromatic rings. The van der Waals surface area contributed by atoms with E-state index in [0.29, 0.717) is 19.8 Å². The zero-order chi connectivity index (χ0) is 20.6. The Morgan fingerprint density at radius 3 is 2.07 bits per heavy atom. The number of carbonyl (C=O) groups is 2. The molecule has 158 valence electrons. The molecule has 0 saturated carbocycles. The molecule has 1 atom stereocenters. The molecule has 5 nitrogen and oxygen atoms in total. The first-order valence-electron chi connectivity index (χ1n) is 10.6. The Labute approximate surface area is 169 Å². The summed E-state index contributed by atoms with van der Waals surface area (Å²) >= 11 is 0. The molecule has 0 aromatic heterocycles. The third-order valence-electron chi connectivity index (χ3n) is 4.74. The summed E-state index contributed by atoms with van der Waals surface area (Å²) in [6.45, 7) is 5.63. The summed E-state index contributed by atoms with van der Waals surface area (Å²) in [7, 11) is 1.67. The highest BCUT2D eigenvalue weighted by Crippen LogP contribution is 2.17. The van der Waals surface area contributed by atoms with E-state index in [1.807, 2.05) is 0 Å². The van der Waals surface area contributed by atoms with Gasteiger partial charge in [-0.2, -0.15) is 0 Å². The summed E-state index contributed by atoms with van der Waals surface area (Å²) < 4.78 is 16.0. The fourth-order valence-electron chi connectivity index (χ4n) is 2.97. The zero-order valence-corrected chi connectivity index (χ0v) is 17.7. The van der Waals surface area contributed by atoms with Crippen molar-refractivity contribution < 1.29 is 23.8 Å². The van der Waals surface area contributed by atoms with Gasteiger partial charge in [0.15, 0.2) is 0 Å². The molecule has 0 aliphatic heterocycles. The minimum Gasteiger partial charge on any atom is -0.462 e. The first-order chi connectivity index (χ1) is 13.6. The summed E-state index contributed by atoms with van der Waals surface area (Å²) in [5.74, 6) is -0.676. The van der Waals surface area contributed by atoms with E-state index in [2.05, 4.69) is 13.8 Å². The van der Waals surface area contributed by atoms with Gasteiger partial charge in [0.2, 0.25) is 0 Å². The van der Waals surface area contributed by atoms with E-state index in [1.54, 1.807) is 31.4 Å². The van der Waals surface area contributed by atoms with Crippen molar-refractivity contribution in [3.05, 3.63) is 35.4 Å². The summed E-state index contributed by atoms with van der Waals surface area (Å²) in [4.78, 5) is 25.0. The van der Waals surface area contributed by atoms with Gasteiger partial charge < -0.3 is 14.2 Å². The second-order valence-electron chi connectivity index (χ2n) is 7.13. The van der Waals surface area contributed by atoms with Crippen LogP contribution >= 0.6 is 0 Å². The Balaban J connectivity index is 2.63. The zero-order valence-electron chi connectivity index (χ0n) is 17.7. The molecular weight excluding hydrogens is 356 g/mol. The van der Waals surface area contributed by atoms with E-state index < -0.39 is 11.9 Å². The number of methoxy groups -OCH3 is 1. The van der Waals surface area contributed by atoms with Crippen LogP contribution < -0.4 is 0 Å². The maximum absolute atomic E-state index is 12.6. The van der Waals surface area contributed by atoms with E-state index in [9.17, 15) is 9.59 Å². The lowest BCUT2D eigenvalue weighted by Gasteiger charge is -2.17. The summed E-state index contributed by atoms with van der Waals surface area (Å²) in [6, 6.07) is 6.69. The fraction of sp³-hybridized carbons (Fsp3) is 0.652. The molecule has 0 aliphatic carbocycles. The van der Waals surface area contributed by atoms with Crippen molar-refractivity contribution in [1.29, 1.82) is 0 Å². The van der Waals surface area contributed by atoms with E-state index >= 15 is 0 Å². The van der Waals surface area contributed by atoms with Crippen molar-refractivity contribution in [2.75, 3.05) is 26.9 Å². The van der Waals surface area contributed by atoms with Gasteiger partial charge in [-0.25, -0.2) is 9.59 Å². The Morgan fingerprint density at radius 1 is 0.821 bits per heavy atom. The van der Waals surface area contributed by atoms with Crippen LogP contribution in [-0.4, -0.2) is 38.9 Å². The van der Waals surface area contributed by atoms with E-state index in [0.717, 1.165) is 51.4 Å². The van der Waals surface area contributed by atoms with Crippen molar-refractivity contribution in [1.82, 2.24) is 0 Å². The van der Waals surface area contributed by atoms with Crippen LogP contribution in [0.5, 0.6) is 0 Å². The molecule has 5 heteroatoms. The number of ether oxygens (including phenoxy) is 3. The highest BCUT2D eigenvalue weighted by molar-refractivity contribution is 6.03. The topological polar surface area (TPSA) is 61.8 Å². The van der Waals surface area contributed by atoms with Crippen molar-refractivity contribution in [3.8, 4) is 0 Å². The number of hydrogen-bond acceptors (Lipinski definition) is 5. The van der Waals surface area contributed by atoms with Crippen LogP contribution in [0.4, 0.5) is 0 Å². The van der Waals surface area contributed by atoms with Gasteiger partial charge in [0.05, 0.1) is 24.3 Å². The minimum absolute atomic E-state index is 0.265. The Kier molecular flexibility index (Phi) is 13.0. The van der Waals surface area contributed by atoms with Crippen molar-refractivity contribution in [2.24, 2.45) is 5.92 Å². The quantitative estimate of drug-likeness (QED) is 0.294. The van der Waals surface area contributed by atoms with Crippen molar-refractivity contribution in [3.63, 3.8) is 0 Å². The highest BCUT2D eigenvalue weighted by Gasteiger charge is 2.20. The first kappa shape index (κ1) is 24.2. The smallest absolute Gasteiger partial charge is 0.339 e. The molecule has 1 aromatic carbocycles. The highest BCUT2D eigenvalue weighted by atomic mass is 16.5. The van der Waals surface area contributed by atoms with Gasteiger partial charge >= 0.3 is 11.9 Å². The Morgan fingerprint density at radius 2 is 1.46 bits per heavy atom. The van der Waals surface area contributed by atoms with Crippen LogP contribution in [0.3, 0.4) is 0 Å². The lowest BCUT2D eigenvalue weighted by molar-refractivity contribution is 0.0381. The minimum atomic E-state index is -0.475. The molecule has 1 unspecified atom stereocenters. The lowest BCUT2D eigenvalue weighted by atomic mass is 10.00. The number of esters is 2. The molecule has 0 aliphatic rings. The molecule has 0 heterocycles. The fourth-order valence-corrected chi connectivity index (χ4v) is 2.97. The van der Waals surface area contributed by atoms with Crippen molar-refractivity contribution in [2.45, 2.75) is 65.2 Å². The molecule has 0 amide bonds. The molecule has 0 fully saturated rings. The molecule has 0 spiro atoms. The number of hydrogen-bond donors (Lipinski definition) is 0. The summed E-state index contributed by atoms with van der Waals surface area (Å²) in [5, 5.41) is 0. The van der Waals surface area contributed by atoms with Crippen molar-refractivity contribution >= 4 is 11.9 Å². The molecule has 1 rings (SSSR count). The predicted octanol–water partition coefficient (Wildman–Crippen LogP) is 5.42. The van der Waals surface area contributed by atoms with E-state index in [1.165, 1.54) is 0 Å². The maximum atomic E-state index is 12.6. The van der Waals surface area contributed by atoms with Crippen LogP contribution in [-0.2, 0) is 14.2 Å². The normalized spacial score (nSPS) is 11.8. The van der Waals surface area contributed by atoms with Gasteiger partial charge in [0, 0.05) is 13.7 Å². The molecule has 0 radical (unpaired) electrons. The predicted molar refractivity (Wildman–Crippen MR) is 111 cm³/mol. The molecule has 0 bridgehead atoms. The van der Waals surface area contributed by atoms with Gasteiger partial charge in [-0.1, -0.05) is 58.1 Å². The molecular formula is C23H36O5. The average Bonchev–Trinajstić information content (AvgIpc) is 2.72. The standard InChI is InChI=1S/C23H36O5/c1-4-6-8-11-16-27-22(24)20-13-9-10-14-21(20)23(25)28-18-19(12-7-5-2)15-17-26-3/h9-10,13-14,19H,4-8,11-12,15-18H2,1-3H3. The Bertz CT molecular complexity index is 562. The van der Waals surface area contributed by atoms with Crippen LogP contribution in [0.15, 0.2) is 24.3 Å². The largest absolute Gasteiger partial charge is 0.462 e. The average molecular weight is 393 g/mol. The number of rotatable bonds is 15. The third kappa shape index (κ3) is 9.36. The summed E-state index contributed by atoms with van der Waals surface area (Å²) in [6.07, 6.45) is 8.17. The number of carbonyl (C=O) groups excluding carboxylic acids is 2. The van der Waals surface area contributed by atoms with Gasteiger partial charge in [0.25, 0.3) is 0 Å². The van der Waals surface area contributed by atoms with Crippen LogP contribution in [0.25, 0.3) is 0 Å². The van der Waals surface area contributed by atoms with E-state index in [-0.39, 0.29) is 17.0 Å². The van der Waals surface area contributed by atoms with Gasteiger partial charge in [-0.05, 0) is 37.3 Å². The third-order valence-corrected chi connectivity index (χ3v) is 4.74.